The van der Waals surface area contributed by atoms with Crippen LogP contribution in [-0.4, -0.2) is 68.1 Å². The first-order valence-electron chi connectivity index (χ1n) is 15.7. The zero-order chi connectivity index (χ0) is 30.4. The summed E-state index contributed by atoms with van der Waals surface area (Å²) < 4.78 is 36.6. The average Bonchev–Trinajstić information content (AvgIpc) is 3.45. The maximum Gasteiger partial charge on any atom is 0.243 e. The Labute approximate surface area is 265 Å². The van der Waals surface area contributed by atoms with E-state index in [0.717, 1.165) is 86.8 Å². The Hall–Kier alpha value is -3.08. The molecule has 2 aliphatic rings. The summed E-state index contributed by atoms with van der Waals surface area (Å²) in [5.41, 5.74) is 5.53. The van der Waals surface area contributed by atoms with Gasteiger partial charge in [0.25, 0.3) is 0 Å². The molecule has 2 aliphatic heterocycles. The second-order valence-electron chi connectivity index (χ2n) is 11.9. The molecule has 2 saturated heterocycles. The number of aromatic nitrogens is 1. The van der Waals surface area contributed by atoms with Gasteiger partial charge in [0.15, 0.2) is 4.80 Å². The van der Waals surface area contributed by atoms with Gasteiger partial charge >= 0.3 is 0 Å². The van der Waals surface area contributed by atoms with Gasteiger partial charge < -0.3 is 9.30 Å². The molecular weight excluding hydrogens is 589 g/mol. The molecule has 0 unspecified atom stereocenters. The van der Waals surface area contributed by atoms with Crippen molar-refractivity contribution in [1.82, 2.24) is 13.8 Å². The lowest BCUT2D eigenvalue weighted by molar-refractivity contribution is 0.0369. The van der Waals surface area contributed by atoms with Crippen molar-refractivity contribution in [3.05, 3.63) is 100 Å². The van der Waals surface area contributed by atoms with Crippen LogP contribution in [0.2, 0.25) is 0 Å². The second kappa shape index (κ2) is 14.3. The van der Waals surface area contributed by atoms with Crippen LogP contribution in [0.3, 0.4) is 0 Å². The summed E-state index contributed by atoms with van der Waals surface area (Å²) in [7, 11) is -3.54. The minimum absolute atomic E-state index is 0.362. The van der Waals surface area contributed by atoms with Crippen molar-refractivity contribution >= 4 is 27.0 Å². The Bertz CT molecular complexity index is 1670. The van der Waals surface area contributed by atoms with E-state index in [1.165, 1.54) is 11.1 Å². The van der Waals surface area contributed by atoms with Crippen LogP contribution in [0, 0.1) is 12.8 Å². The topological polar surface area (TPSA) is 67.1 Å². The SMILES string of the molecule is Cc1ccc(N=c2scc(-c3ccc(S(=O)(=O)N4CCC(Cc5ccccc5)CC4)cc3)n2CCCN2CCOCC2)cc1. The van der Waals surface area contributed by atoms with Gasteiger partial charge in [0.05, 0.1) is 29.5 Å². The van der Waals surface area contributed by atoms with E-state index >= 15 is 0 Å². The maximum atomic E-state index is 13.6. The largest absolute Gasteiger partial charge is 0.379 e. The van der Waals surface area contributed by atoms with Crippen molar-refractivity contribution in [3.8, 4) is 11.3 Å². The summed E-state index contributed by atoms with van der Waals surface area (Å²) in [5.74, 6) is 0.517. The number of rotatable bonds is 10. The third-order valence-corrected chi connectivity index (χ3v) is 11.5. The van der Waals surface area contributed by atoms with Crippen molar-refractivity contribution in [1.29, 1.82) is 0 Å². The third-order valence-electron chi connectivity index (χ3n) is 8.74. The lowest BCUT2D eigenvalue weighted by Gasteiger charge is -2.31. The molecule has 6 rings (SSSR count). The van der Waals surface area contributed by atoms with Crippen LogP contribution in [0.15, 0.2) is 94.1 Å². The summed E-state index contributed by atoms with van der Waals surface area (Å²) in [6.07, 6.45) is 3.78. The number of hydrogen-bond donors (Lipinski definition) is 0. The number of ether oxygens (including phenoxy) is 1. The molecule has 2 fully saturated rings. The first-order valence-corrected chi connectivity index (χ1v) is 18.0. The van der Waals surface area contributed by atoms with Crippen LogP contribution in [0.1, 0.15) is 30.4 Å². The highest BCUT2D eigenvalue weighted by Crippen LogP contribution is 2.28. The number of piperidine rings is 1. The van der Waals surface area contributed by atoms with E-state index in [1.807, 2.05) is 18.2 Å². The highest BCUT2D eigenvalue weighted by atomic mass is 32.2. The van der Waals surface area contributed by atoms with Gasteiger partial charge in [-0.2, -0.15) is 4.31 Å². The van der Waals surface area contributed by atoms with Gasteiger partial charge in [-0.1, -0.05) is 60.2 Å². The molecule has 3 heterocycles. The van der Waals surface area contributed by atoms with Gasteiger partial charge in [-0.15, -0.1) is 11.3 Å². The van der Waals surface area contributed by atoms with E-state index in [-0.39, 0.29) is 0 Å². The van der Waals surface area contributed by atoms with E-state index in [4.69, 9.17) is 9.73 Å². The van der Waals surface area contributed by atoms with Crippen molar-refractivity contribution in [2.45, 2.75) is 44.0 Å². The van der Waals surface area contributed by atoms with E-state index in [2.05, 4.69) is 70.3 Å². The van der Waals surface area contributed by atoms with Crippen LogP contribution in [0.4, 0.5) is 5.69 Å². The highest BCUT2D eigenvalue weighted by Gasteiger charge is 2.29. The van der Waals surface area contributed by atoms with E-state index in [0.29, 0.717) is 23.9 Å². The number of sulfonamides is 1. The smallest absolute Gasteiger partial charge is 0.243 e. The molecule has 0 atom stereocenters. The molecule has 1 aromatic heterocycles. The lowest BCUT2D eigenvalue weighted by Crippen LogP contribution is -2.38. The summed E-state index contributed by atoms with van der Waals surface area (Å²) >= 11 is 1.63. The third kappa shape index (κ3) is 7.58. The summed E-state index contributed by atoms with van der Waals surface area (Å²) in [4.78, 5) is 8.75. The molecule has 0 N–H and O–H groups in total. The molecule has 7 nitrogen and oxygen atoms in total. The monoisotopic (exact) mass is 630 g/mol. The molecule has 0 saturated carbocycles. The predicted octanol–water partition coefficient (Wildman–Crippen LogP) is 6.12. The zero-order valence-electron chi connectivity index (χ0n) is 25.5. The van der Waals surface area contributed by atoms with E-state index in [1.54, 1.807) is 27.8 Å². The van der Waals surface area contributed by atoms with Gasteiger partial charge in [0, 0.05) is 44.6 Å². The van der Waals surface area contributed by atoms with Crippen molar-refractivity contribution in [2.75, 3.05) is 45.9 Å². The normalized spacial score (nSPS) is 17.7. The Morgan fingerprint density at radius 1 is 0.864 bits per heavy atom. The fourth-order valence-corrected chi connectivity index (χ4v) is 8.55. The molecule has 232 valence electrons. The first-order chi connectivity index (χ1) is 21.5. The van der Waals surface area contributed by atoms with Crippen molar-refractivity contribution < 1.29 is 13.2 Å². The average molecular weight is 631 g/mol. The van der Waals surface area contributed by atoms with E-state index < -0.39 is 10.0 Å². The standard InChI is InChI=1S/C35H42N4O3S2/c1-28-8-12-32(13-9-28)36-35-39(19-5-18-37-22-24-42-25-23-37)34(27-43-35)31-10-14-33(15-11-31)44(40,41)38-20-16-30(17-21-38)26-29-6-3-2-4-7-29/h2-4,6-15,27,30H,5,16-26H2,1H3. The van der Waals surface area contributed by atoms with Crippen LogP contribution in [-0.2, 0) is 27.7 Å². The Morgan fingerprint density at radius 2 is 1.57 bits per heavy atom. The minimum Gasteiger partial charge on any atom is -0.379 e. The molecule has 3 aromatic carbocycles. The van der Waals surface area contributed by atoms with Gasteiger partial charge in [-0.05, 0) is 73.9 Å². The molecule has 4 aromatic rings. The van der Waals surface area contributed by atoms with Crippen LogP contribution in [0.25, 0.3) is 11.3 Å². The number of thiazole rings is 1. The number of hydrogen-bond acceptors (Lipinski definition) is 6. The van der Waals surface area contributed by atoms with Crippen LogP contribution in [0.5, 0.6) is 0 Å². The molecule has 0 aliphatic carbocycles. The number of benzene rings is 3. The molecule has 0 bridgehead atoms. The van der Waals surface area contributed by atoms with Gasteiger partial charge in [0.2, 0.25) is 10.0 Å². The van der Waals surface area contributed by atoms with Gasteiger partial charge in [0.1, 0.15) is 0 Å². The Kier molecular flexibility index (Phi) is 10.1. The van der Waals surface area contributed by atoms with Crippen molar-refractivity contribution in [3.63, 3.8) is 0 Å². The van der Waals surface area contributed by atoms with Crippen LogP contribution < -0.4 is 4.80 Å². The van der Waals surface area contributed by atoms with Gasteiger partial charge in [-0.25, -0.2) is 13.4 Å². The fourth-order valence-electron chi connectivity index (χ4n) is 6.12. The molecule has 0 spiro atoms. The molecular formula is C35H42N4O3S2. The number of nitrogens with zero attached hydrogens (tertiary/aromatic N) is 4. The fraction of sp³-hybridized carbons (Fsp3) is 0.400. The predicted molar refractivity (Wildman–Crippen MR) is 178 cm³/mol. The van der Waals surface area contributed by atoms with Gasteiger partial charge in [-0.3, -0.25) is 4.90 Å². The molecule has 44 heavy (non-hydrogen) atoms. The van der Waals surface area contributed by atoms with Crippen LogP contribution >= 0.6 is 11.3 Å². The summed E-state index contributed by atoms with van der Waals surface area (Å²) in [6, 6.07) is 26.2. The number of morpholine rings is 1. The quantitative estimate of drug-likeness (QED) is 0.212. The molecule has 0 radical (unpaired) electrons. The van der Waals surface area contributed by atoms with E-state index in [9.17, 15) is 8.42 Å². The Morgan fingerprint density at radius 3 is 2.27 bits per heavy atom. The molecule has 0 amide bonds. The minimum atomic E-state index is -3.54. The Balaban J connectivity index is 1.18. The maximum absolute atomic E-state index is 13.6. The zero-order valence-corrected chi connectivity index (χ0v) is 27.1. The summed E-state index contributed by atoms with van der Waals surface area (Å²) in [6.45, 7) is 8.60. The highest BCUT2D eigenvalue weighted by molar-refractivity contribution is 7.89. The molecule has 9 heteroatoms. The van der Waals surface area contributed by atoms with Crippen molar-refractivity contribution in [2.24, 2.45) is 10.9 Å². The lowest BCUT2D eigenvalue weighted by atomic mass is 9.91. The first kappa shape index (κ1) is 30.9. The second-order valence-corrected chi connectivity index (χ2v) is 14.6. The number of aryl methyl sites for hydroxylation is 1. The summed E-state index contributed by atoms with van der Waals surface area (Å²) in [5, 5.41) is 2.14.